The first-order chi connectivity index (χ1) is 10.8. The molecule has 0 aromatic carbocycles. The van der Waals surface area contributed by atoms with Gasteiger partial charge in [-0.2, -0.15) is 0 Å². The lowest BCUT2D eigenvalue weighted by molar-refractivity contribution is -0.0483. The number of aromatic nitrogens is 4. The third-order valence-electron chi connectivity index (χ3n) is 3.63. The van der Waals surface area contributed by atoms with Crippen LogP contribution in [0.2, 0.25) is 0 Å². The van der Waals surface area contributed by atoms with Crippen LogP contribution in [0.1, 0.15) is 11.9 Å². The summed E-state index contributed by atoms with van der Waals surface area (Å²) in [6, 6.07) is 0. The van der Waals surface area contributed by atoms with Crippen LogP contribution >= 0.6 is 7.60 Å². The second kappa shape index (κ2) is 5.90. The van der Waals surface area contributed by atoms with Gasteiger partial charge in [-0.1, -0.05) is 0 Å². The maximum atomic E-state index is 11.2. The van der Waals surface area contributed by atoms with Gasteiger partial charge >= 0.3 is 7.60 Å². The molecule has 23 heavy (non-hydrogen) atoms. The van der Waals surface area contributed by atoms with E-state index in [2.05, 4.69) is 15.0 Å². The Balaban J connectivity index is 1.85. The zero-order valence-corrected chi connectivity index (χ0v) is 13.4. The molecule has 5 atom stereocenters. The first-order valence-corrected chi connectivity index (χ1v) is 8.91. The number of imidazole rings is 1. The summed E-state index contributed by atoms with van der Waals surface area (Å²) in [7, 11) is -3.70. The summed E-state index contributed by atoms with van der Waals surface area (Å²) in [6.45, 7) is 2.49. The number of aliphatic hydroxyl groups excluding tert-OH is 2. The Hall–Kier alpha value is -1.42. The molecule has 3 rings (SSSR count). The number of hydrogen-bond donors (Lipinski definition) is 3. The van der Waals surface area contributed by atoms with Crippen molar-refractivity contribution < 1.29 is 28.9 Å². The van der Waals surface area contributed by atoms with E-state index in [4.69, 9.17) is 14.2 Å². The van der Waals surface area contributed by atoms with Gasteiger partial charge in [0.25, 0.3) is 0 Å². The van der Waals surface area contributed by atoms with Crippen LogP contribution in [0.25, 0.3) is 11.2 Å². The highest BCUT2D eigenvalue weighted by Crippen LogP contribution is 2.39. The Morgan fingerprint density at radius 2 is 2.09 bits per heavy atom. The molecular weight excluding hydrogens is 327 g/mol. The lowest BCUT2D eigenvalue weighted by atomic mass is 10.1. The van der Waals surface area contributed by atoms with Crippen LogP contribution in [0.15, 0.2) is 12.7 Å². The molecule has 0 radical (unpaired) electrons. The molecule has 0 bridgehead atoms. The summed E-state index contributed by atoms with van der Waals surface area (Å²) in [6.07, 6.45) is -1.61. The van der Waals surface area contributed by atoms with Crippen molar-refractivity contribution in [3.8, 4) is 0 Å². The Bertz CT molecular complexity index is 761. The van der Waals surface area contributed by atoms with Gasteiger partial charge in [-0.3, -0.25) is 9.13 Å². The average molecular weight is 344 g/mol. The molecule has 1 saturated heterocycles. The van der Waals surface area contributed by atoms with Crippen molar-refractivity contribution in [3.63, 3.8) is 0 Å². The Morgan fingerprint density at radius 3 is 2.78 bits per heavy atom. The maximum Gasteiger partial charge on any atom is 0.325 e. The largest absolute Gasteiger partial charge is 0.387 e. The molecule has 2 aromatic rings. The molecule has 0 spiro atoms. The number of hydrogen-bond acceptors (Lipinski definition) is 8. The molecule has 11 heteroatoms. The molecule has 2 aromatic heterocycles. The normalized spacial score (nSPS) is 30.7. The first-order valence-electron chi connectivity index (χ1n) is 6.88. The topological polar surface area (TPSA) is 140 Å². The van der Waals surface area contributed by atoms with Crippen molar-refractivity contribution in [3.05, 3.63) is 18.3 Å². The van der Waals surface area contributed by atoms with Crippen LogP contribution in [-0.2, 0) is 13.8 Å². The monoisotopic (exact) mass is 344 g/mol. The highest BCUT2D eigenvalue weighted by Gasteiger charge is 2.44. The van der Waals surface area contributed by atoms with Crippen molar-refractivity contribution >= 4 is 18.8 Å². The minimum absolute atomic E-state index is 0.320. The summed E-state index contributed by atoms with van der Waals surface area (Å²) in [5.74, 6) is 0. The molecule has 0 aliphatic carbocycles. The molecule has 0 amide bonds. The van der Waals surface area contributed by atoms with E-state index in [-0.39, 0.29) is 6.61 Å². The third kappa shape index (κ3) is 3.14. The summed E-state index contributed by atoms with van der Waals surface area (Å²) in [5, 5.41) is 20.3. The van der Waals surface area contributed by atoms with E-state index in [9.17, 15) is 14.8 Å². The van der Waals surface area contributed by atoms with Gasteiger partial charge in [-0.15, -0.1) is 0 Å². The van der Waals surface area contributed by atoms with Crippen LogP contribution in [-0.4, -0.2) is 66.2 Å². The van der Waals surface area contributed by atoms with E-state index in [0.29, 0.717) is 16.9 Å². The number of aryl methyl sites for hydroxylation is 1. The van der Waals surface area contributed by atoms with Gasteiger partial charge in [0.05, 0.1) is 18.6 Å². The third-order valence-corrected chi connectivity index (χ3v) is 4.26. The predicted molar refractivity (Wildman–Crippen MR) is 77.7 cm³/mol. The van der Waals surface area contributed by atoms with Crippen molar-refractivity contribution in [2.75, 3.05) is 13.3 Å². The first kappa shape index (κ1) is 16.4. The zero-order chi connectivity index (χ0) is 16.8. The maximum absolute atomic E-state index is 11.2. The highest BCUT2D eigenvalue weighted by molar-refractivity contribution is 7.51. The van der Waals surface area contributed by atoms with E-state index >= 15 is 0 Å². The lowest BCUT2D eigenvalue weighted by Crippen LogP contribution is -2.33. The van der Waals surface area contributed by atoms with E-state index in [1.165, 1.54) is 17.2 Å². The zero-order valence-electron chi connectivity index (χ0n) is 12.5. The van der Waals surface area contributed by atoms with E-state index in [1.54, 1.807) is 6.92 Å². The van der Waals surface area contributed by atoms with Crippen LogP contribution in [0.5, 0.6) is 0 Å². The van der Waals surface area contributed by atoms with Gasteiger partial charge in [0.15, 0.2) is 11.9 Å². The summed E-state index contributed by atoms with van der Waals surface area (Å²) in [4.78, 5) is 21.5. The van der Waals surface area contributed by atoms with E-state index < -0.39 is 32.1 Å². The van der Waals surface area contributed by atoms with E-state index in [1.807, 2.05) is 0 Å². The fourth-order valence-electron chi connectivity index (χ4n) is 2.46. The molecule has 3 N–H and O–H groups in total. The van der Waals surface area contributed by atoms with Gasteiger partial charge in [0, 0.05) is 6.66 Å². The van der Waals surface area contributed by atoms with Gasteiger partial charge in [-0.05, 0) is 6.92 Å². The number of nitrogens with zero attached hydrogens (tertiary/aromatic N) is 4. The number of ether oxygens (including phenoxy) is 1. The van der Waals surface area contributed by atoms with Crippen LogP contribution in [0.4, 0.5) is 0 Å². The van der Waals surface area contributed by atoms with E-state index in [0.717, 1.165) is 6.66 Å². The smallest absolute Gasteiger partial charge is 0.325 e. The van der Waals surface area contributed by atoms with Gasteiger partial charge in [0.1, 0.15) is 30.2 Å². The quantitative estimate of drug-likeness (QED) is 0.631. The Labute approximate surface area is 131 Å². The molecule has 0 saturated carbocycles. The second-order valence-electron chi connectivity index (χ2n) is 5.43. The highest BCUT2D eigenvalue weighted by atomic mass is 31.2. The molecule has 1 aliphatic rings. The fourth-order valence-corrected chi connectivity index (χ4v) is 2.89. The summed E-state index contributed by atoms with van der Waals surface area (Å²) >= 11 is 0. The molecule has 1 aliphatic heterocycles. The van der Waals surface area contributed by atoms with Gasteiger partial charge in [0.2, 0.25) is 0 Å². The minimum Gasteiger partial charge on any atom is -0.387 e. The van der Waals surface area contributed by atoms with Crippen LogP contribution < -0.4 is 0 Å². The van der Waals surface area contributed by atoms with Gasteiger partial charge in [-0.25, -0.2) is 15.0 Å². The lowest BCUT2D eigenvalue weighted by Gasteiger charge is -2.16. The van der Waals surface area contributed by atoms with Crippen molar-refractivity contribution in [2.45, 2.75) is 31.5 Å². The number of aliphatic hydroxyl groups is 2. The predicted octanol–water partition coefficient (Wildman–Crippen LogP) is -0.414. The van der Waals surface area contributed by atoms with Crippen molar-refractivity contribution in [1.82, 2.24) is 19.5 Å². The van der Waals surface area contributed by atoms with Crippen molar-refractivity contribution in [2.24, 2.45) is 0 Å². The Morgan fingerprint density at radius 1 is 1.35 bits per heavy atom. The van der Waals surface area contributed by atoms with Gasteiger partial charge < -0.3 is 24.4 Å². The summed E-state index contributed by atoms with van der Waals surface area (Å²) in [5.41, 5.74) is 1.69. The molecular formula is C12H17N4O6P. The molecule has 1 fully saturated rings. The standard InChI is InChI=1S/C12H17N4O6P/c1-6-8-11(14-4-13-6)16(5-15-8)12-10(18)9(17)7(22-12)3-21-23(2,19)20/h4-5,7,9-10,12,17-18H,3H2,1-2H3,(H,19,20). The van der Waals surface area contributed by atoms with Crippen LogP contribution in [0, 0.1) is 6.92 Å². The number of fused-ring (bicyclic) bond motifs is 1. The summed E-state index contributed by atoms with van der Waals surface area (Å²) < 4.78 is 23.0. The average Bonchev–Trinajstić information content (AvgIpc) is 3.01. The SMILES string of the molecule is Cc1ncnc2c1ncn2C1OC(COP(C)(=O)O)C(O)C1O. The van der Waals surface area contributed by atoms with Crippen LogP contribution in [0.3, 0.4) is 0 Å². The number of rotatable bonds is 4. The van der Waals surface area contributed by atoms with Crippen molar-refractivity contribution in [1.29, 1.82) is 0 Å². The second-order valence-corrected chi connectivity index (χ2v) is 7.29. The Kier molecular flexibility index (Phi) is 4.21. The molecule has 5 unspecified atom stereocenters. The molecule has 3 heterocycles. The molecule has 10 nitrogen and oxygen atoms in total. The minimum atomic E-state index is -3.70. The fraction of sp³-hybridized carbons (Fsp3) is 0.583. The molecule has 126 valence electrons.